The van der Waals surface area contributed by atoms with Crippen LogP contribution in [0, 0.1) is 0 Å². The van der Waals surface area contributed by atoms with Gasteiger partial charge in [0, 0.05) is 23.7 Å². The molecule has 0 amide bonds. The Bertz CT molecular complexity index is 744. The molecule has 0 bridgehead atoms. The Labute approximate surface area is 184 Å². The van der Waals surface area contributed by atoms with Crippen LogP contribution in [-0.2, 0) is 26.6 Å². The molecule has 4 nitrogen and oxygen atoms in total. The predicted octanol–water partition coefficient (Wildman–Crippen LogP) is 5.80. The van der Waals surface area contributed by atoms with Gasteiger partial charge in [-0.15, -0.1) is 11.8 Å². The summed E-state index contributed by atoms with van der Waals surface area (Å²) in [5.74, 6) is 1.46. The molecule has 0 unspecified atom stereocenters. The second-order valence-electron chi connectivity index (χ2n) is 6.84. The lowest BCUT2D eigenvalue weighted by Gasteiger charge is -2.13. The van der Waals surface area contributed by atoms with Crippen molar-refractivity contribution in [2.75, 3.05) is 20.3 Å². The smallest absolute Gasteiger partial charge is 0.330 e. The monoisotopic (exact) mass is 428 g/mol. The van der Waals surface area contributed by atoms with Gasteiger partial charge in [0.2, 0.25) is 0 Å². The van der Waals surface area contributed by atoms with Gasteiger partial charge in [0.15, 0.2) is 0 Å². The van der Waals surface area contributed by atoms with E-state index in [4.69, 9.17) is 14.2 Å². The largest absolute Gasteiger partial charge is 0.497 e. The Balaban J connectivity index is 1.75. The zero-order chi connectivity index (χ0) is 21.4. The molecule has 0 spiro atoms. The fourth-order valence-corrected chi connectivity index (χ4v) is 3.97. The molecule has 5 heteroatoms. The molecule has 0 fully saturated rings. The van der Waals surface area contributed by atoms with E-state index >= 15 is 0 Å². The third kappa shape index (κ3) is 9.99. The van der Waals surface area contributed by atoms with E-state index in [2.05, 4.69) is 24.3 Å². The summed E-state index contributed by atoms with van der Waals surface area (Å²) in [6.07, 6.45) is 6.56. The molecule has 0 saturated carbocycles. The number of carbonyl (C=O) groups excluding carboxylic acids is 1. The van der Waals surface area contributed by atoms with Crippen LogP contribution in [-0.4, -0.2) is 31.5 Å². The van der Waals surface area contributed by atoms with Gasteiger partial charge in [0.05, 0.1) is 20.3 Å². The maximum absolute atomic E-state index is 11.7. The van der Waals surface area contributed by atoms with Crippen LogP contribution in [0.4, 0.5) is 0 Å². The van der Waals surface area contributed by atoms with Gasteiger partial charge in [-0.25, -0.2) is 4.79 Å². The van der Waals surface area contributed by atoms with Crippen molar-refractivity contribution in [1.82, 2.24) is 0 Å². The molecular weight excluding hydrogens is 396 g/mol. The number of esters is 1. The molecule has 0 aromatic heterocycles. The minimum atomic E-state index is -0.279. The van der Waals surface area contributed by atoms with Gasteiger partial charge in [-0.05, 0) is 49.4 Å². The Hall–Kier alpha value is -2.24. The number of rotatable bonds is 14. The zero-order valence-electron chi connectivity index (χ0n) is 17.9. The van der Waals surface area contributed by atoms with Crippen LogP contribution in [0.3, 0.4) is 0 Å². The number of hydrogen-bond acceptors (Lipinski definition) is 5. The molecule has 0 radical (unpaired) electrons. The minimum absolute atomic E-state index is 0.255. The molecule has 0 aliphatic heterocycles. The first kappa shape index (κ1) is 24.0. The molecule has 1 atom stereocenters. The summed E-state index contributed by atoms with van der Waals surface area (Å²) >= 11 is 1.83. The lowest BCUT2D eigenvalue weighted by atomic mass is 10.2. The van der Waals surface area contributed by atoms with Crippen molar-refractivity contribution in [3.63, 3.8) is 0 Å². The summed E-state index contributed by atoms with van der Waals surface area (Å²) in [4.78, 5) is 11.7. The molecule has 2 rings (SSSR count). The number of unbranched alkanes of at least 4 members (excludes halogenated alkanes) is 1. The first-order valence-corrected chi connectivity index (χ1v) is 11.5. The van der Waals surface area contributed by atoms with E-state index in [0.717, 1.165) is 37.4 Å². The molecule has 30 heavy (non-hydrogen) atoms. The maximum Gasteiger partial charge on any atom is 0.330 e. The number of thioether (sulfide) groups is 1. The summed E-state index contributed by atoms with van der Waals surface area (Å²) in [5.41, 5.74) is 2.43. The van der Waals surface area contributed by atoms with E-state index in [1.54, 1.807) is 13.2 Å². The third-order valence-electron chi connectivity index (χ3n) is 4.50. The number of ether oxygens (including phenoxy) is 3. The molecule has 0 aliphatic carbocycles. The average Bonchev–Trinajstić information content (AvgIpc) is 2.78. The molecule has 0 heterocycles. The quantitative estimate of drug-likeness (QED) is 0.216. The first-order valence-electron chi connectivity index (χ1n) is 10.4. The van der Waals surface area contributed by atoms with Crippen molar-refractivity contribution in [3.8, 4) is 5.75 Å². The predicted molar refractivity (Wildman–Crippen MR) is 124 cm³/mol. The average molecular weight is 429 g/mol. The normalized spacial score (nSPS) is 12.1. The van der Waals surface area contributed by atoms with E-state index in [1.807, 2.05) is 55.1 Å². The van der Waals surface area contributed by atoms with Gasteiger partial charge in [-0.1, -0.05) is 48.5 Å². The van der Waals surface area contributed by atoms with Crippen LogP contribution in [0.1, 0.15) is 37.3 Å². The van der Waals surface area contributed by atoms with E-state index in [1.165, 1.54) is 11.1 Å². The lowest BCUT2D eigenvalue weighted by molar-refractivity contribution is -0.137. The highest BCUT2D eigenvalue weighted by Gasteiger charge is 2.08. The van der Waals surface area contributed by atoms with Crippen molar-refractivity contribution in [2.45, 2.75) is 43.8 Å². The fraction of sp³-hybridized carbons (Fsp3) is 0.400. The molecule has 2 aromatic carbocycles. The van der Waals surface area contributed by atoms with Crippen molar-refractivity contribution < 1.29 is 19.0 Å². The molecule has 0 N–H and O–H groups in total. The zero-order valence-corrected chi connectivity index (χ0v) is 18.7. The van der Waals surface area contributed by atoms with E-state index < -0.39 is 0 Å². The van der Waals surface area contributed by atoms with Crippen molar-refractivity contribution >= 4 is 17.7 Å². The van der Waals surface area contributed by atoms with E-state index in [9.17, 15) is 4.79 Å². The molecule has 0 saturated heterocycles. The van der Waals surface area contributed by atoms with Crippen molar-refractivity contribution in [1.29, 1.82) is 0 Å². The van der Waals surface area contributed by atoms with Gasteiger partial charge >= 0.3 is 5.97 Å². The Morgan fingerprint density at radius 3 is 2.50 bits per heavy atom. The molecule has 162 valence electrons. The lowest BCUT2D eigenvalue weighted by Crippen LogP contribution is -2.05. The highest BCUT2D eigenvalue weighted by atomic mass is 32.2. The SMILES string of the molecule is CCOC(=O)/C=C/[C@H](CCCCOCc1ccccc1)SCc1ccc(OC)cc1. The van der Waals surface area contributed by atoms with Crippen LogP contribution in [0.5, 0.6) is 5.75 Å². The van der Waals surface area contributed by atoms with Gasteiger partial charge in [0.25, 0.3) is 0 Å². The van der Waals surface area contributed by atoms with Gasteiger partial charge < -0.3 is 14.2 Å². The summed E-state index contributed by atoms with van der Waals surface area (Å²) in [5, 5.41) is 0.255. The molecule has 2 aromatic rings. The second-order valence-corrected chi connectivity index (χ2v) is 8.07. The third-order valence-corrected chi connectivity index (χ3v) is 5.82. The fourth-order valence-electron chi connectivity index (χ4n) is 2.85. The van der Waals surface area contributed by atoms with Gasteiger partial charge in [-0.3, -0.25) is 0 Å². The van der Waals surface area contributed by atoms with Crippen LogP contribution >= 0.6 is 11.8 Å². The Kier molecular flexibility index (Phi) is 11.8. The van der Waals surface area contributed by atoms with E-state index in [0.29, 0.717) is 13.2 Å². The Morgan fingerprint density at radius 1 is 1.03 bits per heavy atom. The van der Waals surface area contributed by atoms with Gasteiger partial charge in [-0.2, -0.15) is 0 Å². The highest BCUT2D eigenvalue weighted by molar-refractivity contribution is 7.99. The summed E-state index contributed by atoms with van der Waals surface area (Å²) in [6.45, 7) is 3.61. The van der Waals surface area contributed by atoms with Crippen LogP contribution in [0.2, 0.25) is 0 Å². The number of benzene rings is 2. The number of carbonyl (C=O) groups is 1. The van der Waals surface area contributed by atoms with Crippen molar-refractivity contribution in [3.05, 3.63) is 77.9 Å². The topological polar surface area (TPSA) is 44.8 Å². The number of methoxy groups -OCH3 is 1. The summed E-state index contributed by atoms with van der Waals surface area (Å²) in [6, 6.07) is 18.3. The second kappa shape index (κ2) is 14.7. The standard InChI is InChI=1S/C25H32O4S/c1-3-29-25(26)17-16-24(30-20-22-12-14-23(27-2)15-13-22)11-7-8-18-28-19-21-9-5-4-6-10-21/h4-6,9-10,12-17,24H,3,7-8,11,18-20H2,1-2H3/b17-16+/t24-/m0/s1. The number of hydrogen-bond donors (Lipinski definition) is 0. The summed E-state index contributed by atoms with van der Waals surface area (Å²) in [7, 11) is 1.67. The molecular formula is C25H32O4S. The maximum atomic E-state index is 11.7. The molecule has 0 aliphatic rings. The minimum Gasteiger partial charge on any atom is -0.497 e. The van der Waals surface area contributed by atoms with Crippen molar-refractivity contribution in [2.24, 2.45) is 0 Å². The van der Waals surface area contributed by atoms with Crippen LogP contribution in [0.25, 0.3) is 0 Å². The summed E-state index contributed by atoms with van der Waals surface area (Å²) < 4.78 is 16.0. The first-order chi connectivity index (χ1) is 14.7. The van der Waals surface area contributed by atoms with Crippen LogP contribution < -0.4 is 4.74 Å². The van der Waals surface area contributed by atoms with Gasteiger partial charge in [0.1, 0.15) is 5.75 Å². The van der Waals surface area contributed by atoms with Crippen LogP contribution in [0.15, 0.2) is 66.7 Å². The van der Waals surface area contributed by atoms with E-state index in [-0.39, 0.29) is 11.2 Å². The highest BCUT2D eigenvalue weighted by Crippen LogP contribution is 2.24. The Morgan fingerprint density at radius 2 is 1.80 bits per heavy atom.